The number of rotatable bonds is 3. The van der Waals surface area contributed by atoms with Crippen LogP contribution in [0.15, 0.2) is 34.3 Å². The molecular weight excluding hydrogens is 216 g/mol. The molecule has 0 radical (unpaired) electrons. The van der Waals surface area contributed by atoms with E-state index >= 15 is 0 Å². The van der Waals surface area contributed by atoms with Gasteiger partial charge in [0.05, 0.1) is 5.70 Å². The molecule has 84 valence electrons. The largest absolute Gasteiger partial charge is 0.257 e. The fourth-order valence-electron chi connectivity index (χ4n) is 1.79. The molecule has 2 nitrogen and oxygen atoms in total. The Morgan fingerprint density at radius 2 is 2.25 bits per heavy atom. The topological polar surface area (TPSA) is 25.2 Å². The molecule has 0 bridgehead atoms. The molecule has 0 saturated carbocycles. The number of nitrogens with zero attached hydrogens (tertiary/aromatic N) is 2. The van der Waals surface area contributed by atoms with Crippen molar-refractivity contribution in [2.24, 2.45) is 4.99 Å². The van der Waals surface area contributed by atoms with Crippen LogP contribution in [0.3, 0.4) is 0 Å². The number of hydrogen-bond donors (Lipinski definition) is 0. The summed E-state index contributed by atoms with van der Waals surface area (Å²) in [6, 6.07) is 0. The van der Waals surface area contributed by atoms with Gasteiger partial charge in [-0.05, 0) is 31.9 Å². The summed E-state index contributed by atoms with van der Waals surface area (Å²) < 4.78 is 0. The van der Waals surface area contributed by atoms with E-state index in [-0.39, 0.29) is 5.41 Å². The predicted octanol–water partition coefficient (Wildman–Crippen LogP) is 3.64. The highest BCUT2D eigenvalue weighted by Gasteiger charge is 2.32. The molecule has 3 heteroatoms. The van der Waals surface area contributed by atoms with E-state index in [0.717, 1.165) is 17.8 Å². The zero-order valence-corrected chi connectivity index (χ0v) is 10.8. The van der Waals surface area contributed by atoms with Crippen LogP contribution < -0.4 is 0 Å². The lowest BCUT2D eigenvalue weighted by Gasteiger charge is -2.25. The Bertz CT molecular complexity index is 482. The summed E-state index contributed by atoms with van der Waals surface area (Å²) >= 11 is 1.73. The van der Waals surface area contributed by atoms with Crippen molar-refractivity contribution >= 4 is 17.6 Å². The normalized spacial score (nSPS) is 18.7. The summed E-state index contributed by atoms with van der Waals surface area (Å²) in [5, 5.41) is 3.27. The van der Waals surface area contributed by atoms with E-state index < -0.39 is 0 Å². The van der Waals surface area contributed by atoms with Crippen molar-refractivity contribution < 1.29 is 0 Å². The van der Waals surface area contributed by atoms with Gasteiger partial charge in [0.25, 0.3) is 0 Å². The monoisotopic (exact) mass is 232 g/mol. The van der Waals surface area contributed by atoms with Gasteiger partial charge in [-0.1, -0.05) is 13.5 Å². The van der Waals surface area contributed by atoms with Gasteiger partial charge in [-0.2, -0.15) is 0 Å². The molecule has 1 aliphatic rings. The molecular formula is C13H16N2S. The van der Waals surface area contributed by atoms with E-state index in [2.05, 4.69) is 41.9 Å². The average Bonchev–Trinajstić information content (AvgIpc) is 2.86. The van der Waals surface area contributed by atoms with Gasteiger partial charge in [-0.15, -0.1) is 11.3 Å². The first-order chi connectivity index (χ1) is 7.56. The lowest BCUT2D eigenvalue weighted by atomic mass is 9.80. The molecule has 1 unspecified atom stereocenters. The van der Waals surface area contributed by atoms with Crippen molar-refractivity contribution in [1.29, 1.82) is 0 Å². The van der Waals surface area contributed by atoms with Crippen LogP contribution in [-0.4, -0.2) is 11.2 Å². The second-order valence-electron chi connectivity index (χ2n) is 4.33. The van der Waals surface area contributed by atoms with Crippen molar-refractivity contribution in [1.82, 2.24) is 4.98 Å². The molecule has 0 aromatic carbocycles. The summed E-state index contributed by atoms with van der Waals surface area (Å²) in [7, 11) is 0. The van der Waals surface area contributed by atoms with Crippen LogP contribution in [0.25, 0.3) is 0 Å². The minimum atomic E-state index is -0.0259. The van der Waals surface area contributed by atoms with Crippen LogP contribution in [0.2, 0.25) is 0 Å². The predicted molar refractivity (Wildman–Crippen MR) is 70.2 cm³/mol. The van der Waals surface area contributed by atoms with Gasteiger partial charge in [-0.25, -0.2) is 4.98 Å². The molecule has 0 spiro atoms. The third kappa shape index (κ3) is 1.76. The molecule has 1 aromatic rings. The maximum atomic E-state index is 4.61. The van der Waals surface area contributed by atoms with E-state index in [0.29, 0.717) is 0 Å². The summed E-state index contributed by atoms with van der Waals surface area (Å²) in [4.78, 5) is 8.84. The number of thiazole rings is 1. The van der Waals surface area contributed by atoms with Crippen molar-refractivity contribution in [3.05, 3.63) is 40.0 Å². The van der Waals surface area contributed by atoms with Gasteiger partial charge < -0.3 is 0 Å². The van der Waals surface area contributed by atoms with E-state index in [4.69, 9.17) is 0 Å². The van der Waals surface area contributed by atoms with Gasteiger partial charge in [0.2, 0.25) is 0 Å². The molecule has 0 fully saturated rings. The molecule has 1 atom stereocenters. The Kier molecular flexibility index (Phi) is 2.80. The van der Waals surface area contributed by atoms with Crippen molar-refractivity contribution in [2.75, 3.05) is 0 Å². The van der Waals surface area contributed by atoms with E-state index in [9.17, 15) is 0 Å². The SMILES string of the molecule is C=C1C=C(C(C)(CC)c2nc(C)cs2)C=N1. The maximum Gasteiger partial charge on any atom is 0.103 e. The summed E-state index contributed by atoms with van der Waals surface area (Å²) in [6.07, 6.45) is 4.99. The van der Waals surface area contributed by atoms with Crippen molar-refractivity contribution in [2.45, 2.75) is 32.6 Å². The zero-order valence-electron chi connectivity index (χ0n) is 9.95. The molecule has 1 aromatic heterocycles. The van der Waals surface area contributed by atoms with Gasteiger partial charge in [0.15, 0.2) is 0 Å². The Hall–Kier alpha value is -1.22. The number of allylic oxidation sites excluding steroid dienone is 2. The molecule has 2 heterocycles. The fourth-order valence-corrected chi connectivity index (χ4v) is 2.85. The van der Waals surface area contributed by atoms with Crippen LogP contribution in [0.5, 0.6) is 0 Å². The van der Waals surface area contributed by atoms with E-state index in [1.165, 1.54) is 10.6 Å². The summed E-state index contributed by atoms with van der Waals surface area (Å²) in [5.74, 6) is 0. The zero-order chi connectivity index (χ0) is 11.8. The van der Waals surface area contributed by atoms with Gasteiger partial charge in [-0.3, -0.25) is 4.99 Å². The first-order valence-corrected chi connectivity index (χ1v) is 6.32. The molecule has 0 aliphatic carbocycles. The van der Waals surface area contributed by atoms with Crippen LogP contribution >= 0.6 is 11.3 Å². The lowest BCUT2D eigenvalue weighted by Crippen LogP contribution is -2.23. The third-order valence-electron chi connectivity index (χ3n) is 3.13. The minimum absolute atomic E-state index is 0.0259. The first kappa shape index (κ1) is 11.3. The van der Waals surface area contributed by atoms with Crippen molar-refractivity contribution in [3.63, 3.8) is 0 Å². The van der Waals surface area contributed by atoms with E-state index in [1.54, 1.807) is 11.3 Å². The van der Waals surface area contributed by atoms with E-state index in [1.807, 2.05) is 13.1 Å². The van der Waals surface area contributed by atoms with Crippen LogP contribution in [0, 0.1) is 6.92 Å². The summed E-state index contributed by atoms with van der Waals surface area (Å²) in [5.41, 5.74) is 3.12. The molecule has 0 amide bonds. The quantitative estimate of drug-likeness (QED) is 0.781. The first-order valence-electron chi connectivity index (χ1n) is 5.44. The highest BCUT2D eigenvalue weighted by molar-refractivity contribution is 7.09. The van der Waals surface area contributed by atoms with Crippen molar-refractivity contribution in [3.8, 4) is 0 Å². The standard InChI is InChI=1S/C13H16N2S/c1-5-13(4,11-6-9(2)14-7-11)12-15-10(3)8-16-12/h6-8H,2,5H2,1,3-4H3. The number of aliphatic imine (C=N–C) groups is 1. The smallest absolute Gasteiger partial charge is 0.103 e. The lowest BCUT2D eigenvalue weighted by molar-refractivity contribution is 0.553. The maximum absolute atomic E-state index is 4.61. The number of hydrogen-bond acceptors (Lipinski definition) is 3. The molecule has 0 saturated heterocycles. The number of aromatic nitrogens is 1. The van der Waals surface area contributed by atoms with Crippen LogP contribution in [0.4, 0.5) is 0 Å². The second-order valence-corrected chi connectivity index (χ2v) is 5.19. The van der Waals surface area contributed by atoms with Gasteiger partial charge in [0.1, 0.15) is 5.01 Å². The Morgan fingerprint density at radius 3 is 2.69 bits per heavy atom. The molecule has 2 rings (SSSR count). The fraction of sp³-hybridized carbons (Fsp3) is 0.385. The van der Waals surface area contributed by atoms with Crippen LogP contribution in [-0.2, 0) is 5.41 Å². The number of aryl methyl sites for hydroxylation is 1. The highest BCUT2D eigenvalue weighted by Crippen LogP contribution is 2.38. The highest BCUT2D eigenvalue weighted by atomic mass is 32.1. The molecule has 16 heavy (non-hydrogen) atoms. The van der Waals surface area contributed by atoms with Crippen LogP contribution in [0.1, 0.15) is 31.0 Å². The minimum Gasteiger partial charge on any atom is -0.257 e. The second kappa shape index (κ2) is 3.98. The Morgan fingerprint density at radius 1 is 1.50 bits per heavy atom. The third-order valence-corrected chi connectivity index (χ3v) is 4.35. The van der Waals surface area contributed by atoms with Gasteiger partial charge >= 0.3 is 0 Å². The molecule has 0 N–H and O–H groups in total. The molecule has 1 aliphatic heterocycles. The Balaban J connectivity index is 2.44. The summed E-state index contributed by atoms with van der Waals surface area (Å²) in [6.45, 7) is 10.3. The van der Waals surface area contributed by atoms with Gasteiger partial charge in [0, 0.05) is 22.7 Å². The Labute approximate surface area is 100 Å². The average molecular weight is 232 g/mol.